The quantitative estimate of drug-likeness (QED) is 0.439. The van der Waals surface area contributed by atoms with Crippen molar-refractivity contribution in [2.75, 3.05) is 13.7 Å². The van der Waals surface area contributed by atoms with Crippen molar-refractivity contribution < 1.29 is 24.2 Å². The molecule has 0 aromatic rings. The number of hydrogen-bond acceptors (Lipinski definition) is 5. The summed E-state index contributed by atoms with van der Waals surface area (Å²) in [5.41, 5.74) is -1.08. The number of likely N-dealkylation sites (tertiary alicyclic amines) is 1. The third kappa shape index (κ3) is 3.46. The number of alkyl halides is 1. The highest BCUT2D eigenvalue weighted by molar-refractivity contribution is 9.09. The van der Waals surface area contributed by atoms with Crippen LogP contribution >= 0.6 is 15.9 Å². The Labute approximate surface area is 186 Å². The minimum absolute atomic E-state index is 0.0466. The molecule has 30 heavy (non-hydrogen) atoms. The van der Waals surface area contributed by atoms with Gasteiger partial charge in [0.05, 0.1) is 30.6 Å². The van der Waals surface area contributed by atoms with Gasteiger partial charge in [-0.25, -0.2) is 0 Å². The lowest BCUT2D eigenvalue weighted by molar-refractivity contribution is -0.147. The van der Waals surface area contributed by atoms with Crippen LogP contribution in [-0.4, -0.2) is 76.0 Å². The zero-order valence-electron chi connectivity index (χ0n) is 18.4. The maximum Gasteiger partial charge on any atom is 0.246 e. The van der Waals surface area contributed by atoms with Crippen LogP contribution in [0.1, 0.15) is 47.0 Å². The van der Waals surface area contributed by atoms with E-state index < -0.39 is 35.6 Å². The molecule has 2 bridgehead atoms. The van der Waals surface area contributed by atoms with E-state index >= 15 is 0 Å². The summed E-state index contributed by atoms with van der Waals surface area (Å²) in [5.74, 6) is -2.27. The number of nitrogens with zero attached hydrogens (tertiary/aromatic N) is 1. The fourth-order valence-corrected chi connectivity index (χ4v) is 6.58. The van der Waals surface area contributed by atoms with E-state index in [9.17, 15) is 19.5 Å². The Morgan fingerprint density at radius 3 is 2.53 bits per heavy atom. The number of carbonyl (C=O) groups is 3. The highest BCUT2D eigenvalue weighted by Crippen LogP contribution is 2.60. The molecule has 3 saturated heterocycles. The standard InChI is InChI=1S/C21H34BrN3O5/c1-6-7-11(4)24-19(28)17-21-8-12(22)16(30-21)14(18(27)23-5)15(21)20(29)25(17)13(9-26)10(2)3/h10-17,26H,6-9H2,1-5H3,(H,23,27)(H,24,28)/t11?,12?,13-,14-,15-,16-,17?,21?/m0/s1. The van der Waals surface area contributed by atoms with E-state index in [0.717, 1.165) is 12.8 Å². The fraction of sp³-hybridized carbons (Fsp3) is 0.857. The average Bonchev–Trinajstić information content (AvgIpc) is 3.26. The maximum atomic E-state index is 13.7. The van der Waals surface area contributed by atoms with Gasteiger partial charge in [0.15, 0.2) is 0 Å². The number of hydrogen-bond donors (Lipinski definition) is 3. The van der Waals surface area contributed by atoms with Crippen LogP contribution in [0.4, 0.5) is 0 Å². The zero-order valence-corrected chi connectivity index (χ0v) is 19.9. The molecule has 3 aliphatic rings. The van der Waals surface area contributed by atoms with E-state index in [4.69, 9.17) is 4.74 Å². The summed E-state index contributed by atoms with van der Waals surface area (Å²) < 4.78 is 6.37. The van der Waals surface area contributed by atoms with E-state index in [0.29, 0.717) is 6.42 Å². The van der Waals surface area contributed by atoms with Crippen molar-refractivity contribution in [3.05, 3.63) is 0 Å². The van der Waals surface area contributed by atoms with Crippen molar-refractivity contribution in [1.82, 2.24) is 15.5 Å². The molecule has 3 amide bonds. The molecule has 3 rings (SSSR count). The minimum atomic E-state index is -1.08. The van der Waals surface area contributed by atoms with Crippen LogP contribution in [0.5, 0.6) is 0 Å². The van der Waals surface area contributed by atoms with Gasteiger partial charge in [-0.2, -0.15) is 0 Å². The molecule has 0 radical (unpaired) electrons. The van der Waals surface area contributed by atoms with Crippen LogP contribution in [0.3, 0.4) is 0 Å². The van der Waals surface area contributed by atoms with E-state index in [1.807, 2.05) is 27.7 Å². The molecular formula is C21H34BrN3O5. The van der Waals surface area contributed by atoms with Crippen molar-refractivity contribution in [2.24, 2.45) is 17.8 Å². The molecule has 0 aromatic carbocycles. The second-order valence-corrected chi connectivity index (χ2v) is 10.4. The molecule has 170 valence electrons. The lowest BCUT2D eigenvalue weighted by Gasteiger charge is -2.38. The normalized spacial score (nSPS) is 36.7. The second-order valence-electron chi connectivity index (χ2n) is 9.22. The van der Waals surface area contributed by atoms with Gasteiger partial charge in [-0.05, 0) is 25.7 Å². The lowest BCUT2D eigenvalue weighted by Crippen LogP contribution is -2.60. The first-order chi connectivity index (χ1) is 14.1. The molecule has 0 aliphatic carbocycles. The van der Waals surface area contributed by atoms with Crippen LogP contribution in [0.2, 0.25) is 0 Å². The number of rotatable bonds is 8. The monoisotopic (exact) mass is 487 g/mol. The Hall–Kier alpha value is -1.19. The molecule has 8 nitrogen and oxygen atoms in total. The molecule has 3 aliphatic heterocycles. The molecule has 1 spiro atoms. The van der Waals surface area contributed by atoms with E-state index in [1.54, 1.807) is 7.05 Å². The number of halogens is 1. The highest BCUT2D eigenvalue weighted by Gasteiger charge is 2.77. The van der Waals surface area contributed by atoms with Gasteiger partial charge in [-0.1, -0.05) is 43.1 Å². The van der Waals surface area contributed by atoms with Gasteiger partial charge in [-0.15, -0.1) is 0 Å². The minimum Gasteiger partial charge on any atom is -0.394 e. The largest absolute Gasteiger partial charge is 0.394 e. The van der Waals surface area contributed by atoms with Crippen molar-refractivity contribution in [3.63, 3.8) is 0 Å². The number of nitrogens with one attached hydrogen (secondary N) is 2. The third-order valence-corrected chi connectivity index (χ3v) is 7.79. The summed E-state index contributed by atoms with van der Waals surface area (Å²) >= 11 is 3.62. The summed E-state index contributed by atoms with van der Waals surface area (Å²) in [5, 5.41) is 15.8. The Balaban J connectivity index is 2.07. The second kappa shape index (κ2) is 8.74. The van der Waals surface area contributed by atoms with Crippen molar-refractivity contribution >= 4 is 33.7 Å². The molecule has 3 N–H and O–H groups in total. The Morgan fingerprint density at radius 1 is 1.33 bits per heavy atom. The van der Waals surface area contributed by atoms with Gasteiger partial charge in [0, 0.05) is 17.9 Å². The van der Waals surface area contributed by atoms with Crippen molar-refractivity contribution in [2.45, 2.75) is 81.6 Å². The highest BCUT2D eigenvalue weighted by atomic mass is 79.9. The van der Waals surface area contributed by atoms with Gasteiger partial charge in [0.25, 0.3) is 0 Å². The zero-order chi connectivity index (χ0) is 22.4. The summed E-state index contributed by atoms with van der Waals surface area (Å²) in [4.78, 5) is 41.3. The summed E-state index contributed by atoms with van der Waals surface area (Å²) in [6.07, 6.45) is 1.75. The number of fused-ring (bicyclic) bond motifs is 1. The van der Waals surface area contributed by atoms with Crippen LogP contribution < -0.4 is 10.6 Å². The number of carbonyl (C=O) groups excluding carboxylic acids is 3. The number of ether oxygens (including phenoxy) is 1. The summed E-state index contributed by atoms with van der Waals surface area (Å²) in [6.45, 7) is 7.56. The van der Waals surface area contributed by atoms with Crippen LogP contribution in [0.25, 0.3) is 0 Å². The van der Waals surface area contributed by atoms with Gasteiger partial charge < -0.3 is 25.4 Å². The molecule has 3 fully saturated rings. The van der Waals surface area contributed by atoms with Crippen molar-refractivity contribution in [1.29, 1.82) is 0 Å². The molecular weight excluding hydrogens is 454 g/mol. The SMILES string of the molecule is CCCC(C)NC(=O)C1N([C@@H](CO)C(C)C)C(=O)[C@@H]2[C@H](C(=O)NC)[C@H]3OC12CC3Br. The Morgan fingerprint density at radius 2 is 2.00 bits per heavy atom. The third-order valence-electron chi connectivity index (χ3n) is 6.95. The van der Waals surface area contributed by atoms with E-state index in [1.165, 1.54) is 4.90 Å². The van der Waals surface area contributed by atoms with Gasteiger partial charge in [0.1, 0.15) is 11.6 Å². The molecule has 4 unspecified atom stereocenters. The fourth-order valence-electron chi connectivity index (χ4n) is 5.64. The first-order valence-corrected chi connectivity index (χ1v) is 11.8. The van der Waals surface area contributed by atoms with Gasteiger partial charge >= 0.3 is 0 Å². The lowest BCUT2D eigenvalue weighted by atomic mass is 9.70. The molecule has 0 saturated carbocycles. The summed E-state index contributed by atoms with van der Waals surface area (Å²) in [6, 6.07) is -1.46. The van der Waals surface area contributed by atoms with Crippen LogP contribution in [-0.2, 0) is 19.1 Å². The summed E-state index contributed by atoms with van der Waals surface area (Å²) in [7, 11) is 1.54. The predicted octanol–water partition coefficient (Wildman–Crippen LogP) is 0.802. The molecule has 3 heterocycles. The van der Waals surface area contributed by atoms with Gasteiger partial charge in [0.2, 0.25) is 17.7 Å². The van der Waals surface area contributed by atoms with Gasteiger partial charge in [-0.3, -0.25) is 14.4 Å². The first kappa shape index (κ1) is 23.5. The smallest absolute Gasteiger partial charge is 0.246 e. The molecule has 8 atom stereocenters. The van der Waals surface area contributed by atoms with E-state index in [2.05, 4.69) is 26.6 Å². The average molecular weight is 488 g/mol. The van der Waals surface area contributed by atoms with E-state index in [-0.39, 0.29) is 41.1 Å². The number of aliphatic hydroxyl groups is 1. The maximum absolute atomic E-state index is 13.7. The predicted molar refractivity (Wildman–Crippen MR) is 115 cm³/mol. The Bertz CT molecular complexity index is 704. The number of amides is 3. The molecule has 0 aromatic heterocycles. The van der Waals surface area contributed by atoms with Crippen LogP contribution in [0, 0.1) is 17.8 Å². The van der Waals surface area contributed by atoms with Crippen LogP contribution in [0.15, 0.2) is 0 Å². The topological polar surface area (TPSA) is 108 Å². The van der Waals surface area contributed by atoms with Crippen molar-refractivity contribution in [3.8, 4) is 0 Å². The molecule has 9 heteroatoms. The Kier molecular flexibility index (Phi) is 6.84. The number of aliphatic hydroxyl groups excluding tert-OH is 1. The first-order valence-electron chi connectivity index (χ1n) is 10.9.